The highest BCUT2D eigenvalue weighted by atomic mass is 79.9. The molecule has 4 nitrogen and oxygen atoms in total. The van der Waals surface area contributed by atoms with Crippen LogP contribution >= 0.6 is 31.9 Å². The van der Waals surface area contributed by atoms with Crippen molar-refractivity contribution in [2.45, 2.75) is 4.83 Å². The van der Waals surface area contributed by atoms with Crippen LogP contribution in [0.4, 0.5) is 0 Å². The number of nitrogens with one attached hydrogen (secondary N) is 2. The zero-order valence-electron chi connectivity index (χ0n) is 5.93. The van der Waals surface area contributed by atoms with Crippen molar-refractivity contribution in [2.75, 3.05) is 5.33 Å². The van der Waals surface area contributed by atoms with E-state index in [0.717, 1.165) is 0 Å². The first-order valence-corrected chi connectivity index (χ1v) is 5.21. The summed E-state index contributed by atoms with van der Waals surface area (Å²) in [6.45, 7) is 0. The molecule has 0 fully saturated rings. The summed E-state index contributed by atoms with van der Waals surface area (Å²) in [5, 5.41) is 0.613. The van der Waals surface area contributed by atoms with Crippen LogP contribution in [0, 0.1) is 0 Å². The van der Waals surface area contributed by atoms with Gasteiger partial charge in [0.15, 0.2) is 0 Å². The number of hydrogen-bond acceptors (Lipinski definition) is 2. The van der Waals surface area contributed by atoms with Gasteiger partial charge in [0.1, 0.15) is 0 Å². The van der Waals surface area contributed by atoms with Crippen molar-refractivity contribution in [3.8, 4) is 0 Å². The van der Waals surface area contributed by atoms with Gasteiger partial charge in [0, 0.05) is 17.1 Å². The van der Waals surface area contributed by atoms with Gasteiger partial charge >= 0.3 is 5.69 Å². The average molecular weight is 298 g/mol. The van der Waals surface area contributed by atoms with Crippen molar-refractivity contribution in [1.82, 2.24) is 9.97 Å². The molecule has 1 atom stereocenters. The summed E-state index contributed by atoms with van der Waals surface area (Å²) >= 11 is 6.48. The molecule has 0 aliphatic carbocycles. The minimum Gasteiger partial charge on any atom is -0.314 e. The van der Waals surface area contributed by atoms with Crippen LogP contribution in [0.3, 0.4) is 0 Å². The molecule has 2 N–H and O–H groups in total. The third kappa shape index (κ3) is 2.07. The van der Waals surface area contributed by atoms with Gasteiger partial charge in [-0.1, -0.05) is 31.9 Å². The Morgan fingerprint density at radius 1 is 1.50 bits per heavy atom. The van der Waals surface area contributed by atoms with E-state index in [0.29, 0.717) is 10.9 Å². The van der Waals surface area contributed by atoms with Crippen molar-refractivity contribution in [3.63, 3.8) is 0 Å². The summed E-state index contributed by atoms with van der Waals surface area (Å²) in [6.07, 6.45) is 1.40. The third-order valence-electron chi connectivity index (χ3n) is 1.32. The zero-order chi connectivity index (χ0) is 9.14. The summed E-state index contributed by atoms with van der Waals surface area (Å²) < 4.78 is 0. The molecule has 0 saturated carbocycles. The predicted molar refractivity (Wildman–Crippen MR) is 53.1 cm³/mol. The lowest BCUT2D eigenvalue weighted by atomic mass is 10.3. The number of halogens is 2. The first-order valence-electron chi connectivity index (χ1n) is 3.17. The largest absolute Gasteiger partial charge is 0.325 e. The maximum atomic E-state index is 11.1. The van der Waals surface area contributed by atoms with E-state index in [-0.39, 0.29) is 10.4 Å². The molecule has 1 aromatic rings. The van der Waals surface area contributed by atoms with Gasteiger partial charge in [-0.25, -0.2) is 4.79 Å². The molecule has 0 bridgehead atoms. The highest BCUT2D eigenvalue weighted by molar-refractivity contribution is 9.12. The maximum absolute atomic E-state index is 11.1. The van der Waals surface area contributed by atoms with Crippen molar-refractivity contribution in [2.24, 2.45) is 0 Å². The molecule has 0 amide bonds. The summed E-state index contributed by atoms with van der Waals surface area (Å²) in [4.78, 5) is 26.2. The van der Waals surface area contributed by atoms with Crippen LogP contribution in [-0.2, 0) is 0 Å². The average Bonchev–Trinajstić information content (AvgIpc) is 2.03. The fourth-order valence-corrected chi connectivity index (χ4v) is 1.42. The Labute approximate surface area is 84.7 Å². The van der Waals surface area contributed by atoms with Gasteiger partial charge in [-0.15, -0.1) is 0 Å². The fraction of sp³-hybridized carbons (Fsp3) is 0.333. The standard InChI is InChI=1S/C6H6Br2N2O2/c7-1-4(8)3-2-9-6(12)10-5(3)11/h2,4H,1H2,(H2,9,10,11,12). The van der Waals surface area contributed by atoms with Gasteiger partial charge in [-0.2, -0.15) is 0 Å². The molecule has 1 unspecified atom stereocenters. The van der Waals surface area contributed by atoms with Crippen LogP contribution in [0.25, 0.3) is 0 Å². The molecular weight excluding hydrogens is 292 g/mol. The molecule has 1 rings (SSSR count). The SMILES string of the molecule is O=c1[nH]cc(C(Br)CBr)c(=O)[nH]1. The van der Waals surface area contributed by atoms with Gasteiger partial charge in [-0.3, -0.25) is 9.78 Å². The Balaban J connectivity index is 3.19. The summed E-state index contributed by atoms with van der Waals surface area (Å²) in [7, 11) is 0. The Bertz CT molecular complexity index is 370. The molecule has 0 saturated heterocycles. The Kier molecular flexibility index (Phi) is 3.28. The molecule has 0 aliphatic rings. The number of H-pyrrole nitrogens is 2. The lowest BCUT2D eigenvalue weighted by Crippen LogP contribution is -2.25. The second-order valence-corrected chi connectivity index (χ2v) is 3.90. The minimum atomic E-state index is -0.488. The van der Waals surface area contributed by atoms with Crippen molar-refractivity contribution in [1.29, 1.82) is 0 Å². The lowest BCUT2D eigenvalue weighted by molar-refractivity contribution is 0.963. The number of aromatic amines is 2. The van der Waals surface area contributed by atoms with E-state index in [1.807, 2.05) is 0 Å². The molecule has 66 valence electrons. The first-order chi connectivity index (χ1) is 5.65. The summed E-state index contributed by atoms with van der Waals surface area (Å²) in [5.74, 6) is 0. The molecular formula is C6H6Br2N2O2. The van der Waals surface area contributed by atoms with Crippen LogP contribution in [0.15, 0.2) is 15.8 Å². The topological polar surface area (TPSA) is 65.7 Å². The molecule has 1 heterocycles. The van der Waals surface area contributed by atoms with Gasteiger partial charge in [0.2, 0.25) is 0 Å². The quantitative estimate of drug-likeness (QED) is 0.797. The number of hydrogen-bond donors (Lipinski definition) is 2. The maximum Gasteiger partial charge on any atom is 0.325 e. The second-order valence-electron chi connectivity index (χ2n) is 2.15. The van der Waals surface area contributed by atoms with E-state index < -0.39 is 5.69 Å². The van der Waals surface area contributed by atoms with Gasteiger partial charge < -0.3 is 4.98 Å². The van der Waals surface area contributed by atoms with Gasteiger partial charge in [0.05, 0.1) is 4.83 Å². The van der Waals surface area contributed by atoms with Crippen molar-refractivity contribution < 1.29 is 0 Å². The third-order valence-corrected chi connectivity index (χ3v) is 3.65. The number of rotatable bonds is 2. The molecule has 6 heteroatoms. The van der Waals surface area contributed by atoms with Gasteiger partial charge in [-0.05, 0) is 0 Å². The van der Waals surface area contributed by atoms with Crippen LogP contribution in [0.2, 0.25) is 0 Å². The predicted octanol–water partition coefficient (Wildman–Crippen LogP) is 0.894. The monoisotopic (exact) mass is 296 g/mol. The van der Waals surface area contributed by atoms with E-state index in [1.165, 1.54) is 6.20 Å². The molecule has 0 aromatic carbocycles. The van der Waals surface area contributed by atoms with Crippen LogP contribution < -0.4 is 11.2 Å². The van der Waals surface area contributed by atoms with E-state index in [9.17, 15) is 9.59 Å². The summed E-state index contributed by atoms with van der Waals surface area (Å²) in [6, 6.07) is 0. The zero-order valence-corrected chi connectivity index (χ0v) is 9.11. The molecule has 0 radical (unpaired) electrons. The Hall–Kier alpha value is -0.360. The van der Waals surface area contributed by atoms with E-state index in [2.05, 4.69) is 41.8 Å². The molecule has 0 spiro atoms. The highest BCUT2D eigenvalue weighted by Crippen LogP contribution is 2.19. The Morgan fingerprint density at radius 2 is 2.17 bits per heavy atom. The van der Waals surface area contributed by atoms with Crippen molar-refractivity contribution >= 4 is 31.9 Å². The first kappa shape index (κ1) is 9.73. The lowest BCUT2D eigenvalue weighted by Gasteiger charge is -2.02. The summed E-state index contributed by atoms with van der Waals surface area (Å²) in [5.41, 5.74) is -0.343. The van der Waals surface area contributed by atoms with Gasteiger partial charge in [0.25, 0.3) is 5.56 Å². The van der Waals surface area contributed by atoms with Crippen LogP contribution in [0.1, 0.15) is 10.4 Å². The van der Waals surface area contributed by atoms with E-state index in [4.69, 9.17) is 0 Å². The molecule has 12 heavy (non-hydrogen) atoms. The van der Waals surface area contributed by atoms with E-state index in [1.54, 1.807) is 0 Å². The normalized spacial score (nSPS) is 12.8. The van der Waals surface area contributed by atoms with Crippen LogP contribution in [-0.4, -0.2) is 15.3 Å². The number of alkyl halides is 2. The van der Waals surface area contributed by atoms with E-state index >= 15 is 0 Å². The molecule has 1 aromatic heterocycles. The minimum absolute atomic E-state index is 0.0851. The smallest absolute Gasteiger partial charge is 0.314 e. The number of aromatic nitrogens is 2. The second kappa shape index (κ2) is 4.04. The Morgan fingerprint density at radius 3 is 2.67 bits per heavy atom. The molecule has 0 aliphatic heterocycles. The highest BCUT2D eigenvalue weighted by Gasteiger charge is 2.09. The van der Waals surface area contributed by atoms with Crippen LogP contribution in [0.5, 0.6) is 0 Å². The van der Waals surface area contributed by atoms with Crippen molar-refractivity contribution in [3.05, 3.63) is 32.6 Å². The fourth-order valence-electron chi connectivity index (χ4n) is 0.736.